The number of hydrogen-bond donors (Lipinski definition) is 2. The number of carbonyl (C=O) groups is 1. The number of amides is 1. The molecule has 0 fully saturated rings. The molecular weight excluding hydrogens is 336 g/mol. The molecule has 19 heavy (non-hydrogen) atoms. The van der Waals surface area contributed by atoms with Crippen LogP contribution in [-0.4, -0.2) is 32.0 Å². The highest BCUT2D eigenvalue weighted by Crippen LogP contribution is 2.28. The molecule has 0 spiro atoms. The fraction of sp³-hybridized carbons (Fsp3) is 0.364. The van der Waals surface area contributed by atoms with Crippen LogP contribution in [-0.2, 0) is 6.54 Å². The van der Waals surface area contributed by atoms with Gasteiger partial charge in [0, 0.05) is 18.8 Å². The van der Waals surface area contributed by atoms with Gasteiger partial charge in [-0.05, 0) is 35.3 Å². The van der Waals surface area contributed by atoms with Crippen molar-refractivity contribution in [3.63, 3.8) is 0 Å². The summed E-state index contributed by atoms with van der Waals surface area (Å²) in [5.74, 6) is 0. The van der Waals surface area contributed by atoms with Crippen molar-refractivity contribution < 1.29 is 9.90 Å². The summed E-state index contributed by atoms with van der Waals surface area (Å²) in [7, 11) is 0. The number of rotatable bonds is 4. The van der Waals surface area contributed by atoms with Crippen LogP contribution < -0.4 is 5.32 Å². The lowest BCUT2D eigenvalue weighted by molar-refractivity contribution is 0.189. The summed E-state index contributed by atoms with van der Waals surface area (Å²) in [6.45, 7) is 2.40. The van der Waals surface area contributed by atoms with Gasteiger partial charge in [-0.1, -0.05) is 11.6 Å². The molecule has 0 saturated heterocycles. The Hall–Kier alpha value is -1.34. The van der Waals surface area contributed by atoms with Crippen LogP contribution in [0.25, 0.3) is 10.9 Å². The molecule has 2 rings (SSSR count). The average Bonchev–Trinajstić information content (AvgIpc) is 2.64. The van der Waals surface area contributed by atoms with Gasteiger partial charge in [0.25, 0.3) is 0 Å². The van der Waals surface area contributed by atoms with Crippen molar-refractivity contribution in [2.75, 3.05) is 0 Å². The molecule has 0 aliphatic heterocycles. The molecule has 0 aliphatic rings. The van der Waals surface area contributed by atoms with Crippen molar-refractivity contribution in [1.82, 2.24) is 20.1 Å². The maximum Gasteiger partial charge on any atom is 0.404 e. The number of halogens is 2. The molecule has 2 heterocycles. The van der Waals surface area contributed by atoms with Gasteiger partial charge in [-0.15, -0.1) is 0 Å². The van der Waals surface area contributed by atoms with E-state index in [4.69, 9.17) is 16.7 Å². The lowest BCUT2D eigenvalue weighted by Crippen LogP contribution is -2.31. The van der Waals surface area contributed by atoms with Gasteiger partial charge in [0.15, 0.2) is 0 Å². The number of aryl methyl sites for hydroxylation is 1. The van der Waals surface area contributed by atoms with E-state index in [2.05, 4.69) is 31.3 Å². The zero-order chi connectivity index (χ0) is 14.0. The van der Waals surface area contributed by atoms with E-state index in [9.17, 15) is 4.79 Å². The third kappa shape index (κ3) is 3.16. The summed E-state index contributed by atoms with van der Waals surface area (Å²) < 4.78 is 2.42. The Kier molecular flexibility index (Phi) is 4.26. The third-order valence-electron chi connectivity index (χ3n) is 2.72. The molecule has 0 bridgehead atoms. The molecule has 2 aromatic rings. The van der Waals surface area contributed by atoms with Crippen molar-refractivity contribution >= 4 is 44.5 Å². The average molecular weight is 348 g/mol. The first kappa shape index (κ1) is 14.1. The van der Waals surface area contributed by atoms with Crippen LogP contribution in [0.1, 0.15) is 13.3 Å². The number of carboxylic acid groups (broad SMARTS) is 1. The minimum absolute atomic E-state index is 0.146. The number of fused-ring (bicyclic) bond motifs is 1. The van der Waals surface area contributed by atoms with Gasteiger partial charge in [-0.3, -0.25) is 4.68 Å². The predicted octanol–water partition coefficient (Wildman–Crippen LogP) is 2.89. The highest BCUT2D eigenvalue weighted by molar-refractivity contribution is 9.10. The minimum atomic E-state index is -1.02. The van der Waals surface area contributed by atoms with E-state index in [1.807, 2.05) is 13.0 Å². The van der Waals surface area contributed by atoms with Crippen LogP contribution in [0.2, 0.25) is 5.15 Å². The fourth-order valence-corrected chi connectivity index (χ4v) is 2.75. The number of pyridine rings is 1. The van der Waals surface area contributed by atoms with Gasteiger partial charge in [-0.25, -0.2) is 9.78 Å². The zero-order valence-corrected chi connectivity index (χ0v) is 12.4. The first-order chi connectivity index (χ1) is 8.99. The highest BCUT2D eigenvalue weighted by Gasteiger charge is 2.13. The van der Waals surface area contributed by atoms with E-state index >= 15 is 0 Å². The Morgan fingerprint density at radius 3 is 3.11 bits per heavy atom. The van der Waals surface area contributed by atoms with Crippen LogP contribution in [0, 0.1) is 0 Å². The second kappa shape index (κ2) is 5.75. The van der Waals surface area contributed by atoms with E-state index < -0.39 is 6.09 Å². The number of hydrogen-bond acceptors (Lipinski definition) is 3. The summed E-state index contributed by atoms with van der Waals surface area (Å²) in [4.78, 5) is 14.5. The van der Waals surface area contributed by atoms with E-state index in [1.165, 1.54) is 0 Å². The topological polar surface area (TPSA) is 80.0 Å². The molecule has 0 aromatic carbocycles. The molecule has 2 N–H and O–H groups in total. The van der Waals surface area contributed by atoms with E-state index in [1.54, 1.807) is 10.9 Å². The van der Waals surface area contributed by atoms with Crippen LogP contribution in [0.3, 0.4) is 0 Å². The third-order valence-corrected chi connectivity index (χ3v) is 3.56. The molecular formula is C11H12BrClN4O2. The van der Waals surface area contributed by atoms with Crippen molar-refractivity contribution in [3.05, 3.63) is 22.0 Å². The SMILES string of the molecule is CC(CCn1nc(Br)c2c(Cl)nccc21)NC(=O)O. The normalized spacial score (nSPS) is 12.6. The Labute approximate surface area is 122 Å². The first-order valence-electron chi connectivity index (χ1n) is 5.65. The number of aromatic nitrogens is 3. The molecule has 1 atom stereocenters. The van der Waals surface area contributed by atoms with Gasteiger partial charge in [0.2, 0.25) is 0 Å². The molecule has 0 saturated carbocycles. The van der Waals surface area contributed by atoms with Crippen LogP contribution in [0.5, 0.6) is 0 Å². The summed E-state index contributed by atoms with van der Waals surface area (Å²) in [6, 6.07) is 1.68. The lowest BCUT2D eigenvalue weighted by Gasteiger charge is -2.11. The van der Waals surface area contributed by atoms with Gasteiger partial charge < -0.3 is 10.4 Å². The standard InChI is InChI=1S/C11H12BrClN4O2/c1-6(15-11(18)19)3-5-17-7-2-4-14-10(13)8(7)9(12)16-17/h2,4,6,15H,3,5H2,1H3,(H,18,19). The summed E-state index contributed by atoms with van der Waals surface area (Å²) in [5.41, 5.74) is 0.870. The van der Waals surface area contributed by atoms with Gasteiger partial charge in [0.05, 0.1) is 10.9 Å². The van der Waals surface area contributed by atoms with Crippen molar-refractivity contribution in [2.45, 2.75) is 25.9 Å². The molecule has 8 heteroatoms. The zero-order valence-electron chi connectivity index (χ0n) is 10.1. The van der Waals surface area contributed by atoms with Crippen LogP contribution >= 0.6 is 27.5 Å². The second-order valence-electron chi connectivity index (χ2n) is 4.15. The number of nitrogens with zero attached hydrogens (tertiary/aromatic N) is 3. The van der Waals surface area contributed by atoms with Crippen molar-refractivity contribution in [1.29, 1.82) is 0 Å². The van der Waals surface area contributed by atoms with Crippen LogP contribution in [0.15, 0.2) is 16.9 Å². The van der Waals surface area contributed by atoms with E-state index in [-0.39, 0.29) is 6.04 Å². The van der Waals surface area contributed by atoms with E-state index in [0.29, 0.717) is 22.7 Å². The Morgan fingerprint density at radius 1 is 1.68 bits per heavy atom. The van der Waals surface area contributed by atoms with E-state index in [0.717, 1.165) is 10.9 Å². The fourth-order valence-electron chi connectivity index (χ4n) is 1.81. The monoisotopic (exact) mass is 346 g/mol. The molecule has 102 valence electrons. The predicted molar refractivity (Wildman–Crippen MR) is 75.5 cm³/mol. The van der Waals surface area contributed by atoms with Gasteiger partial charge >= 0.3 is 6.09 Å². The first-order valence-corrected chi connectivity index (χ1v) is 6.82. The maximum absolute atomic E-state index is 10.5. The summed E-state index contributed by atoms with van der Waals surface area (Å²) in [6.07, 6.45) is 1.23. The molecule has 1 amide bonds. The number of nitrogens with one attached hydrogen (secondary N) is 1. The smallest absolute Gasteiger partial charge is 0.404 e. The Morgan fingerprint density at radius 2 is 2.42 bits per heavy atom. The molecule has 0 aliphatic carbocycles. The van der Waals surface area contributed by atoms with Gasteiger partial charge in [-0.2, -0.15) is 5.10 Å². The highest BCUT2D eigenvalue weighted by atomic mass is 79.9. The minimum Gasteiger partial charge on any atom is -0.465 e. The summed E-state index contributed by atoms with van der Waals surface area (Å²) >= 11 is 9.37. The molecule has 0 radical (unpaired) electrons. The van der Waals surface area contributed by atoms with Crippen molar-refractivity contribution in [2.24, 2.45) is 0 Å². The molecule has 6 nitrogen and oxygen atoms in total. The largest absolute Gasteiger partial charge is 0.465 e. The Balaban J connectivity index is 2.18. The molecule has 1 unspecified atom stereocenters. The van der Waals surface area contributed by atoms with Crippen molar-refractivity contribution in [3.8, 4) is 0 Å². The van der Waals surface area contributed by atoms with Crippen LogP contribution in [0.4, 0.5) is 4.79 Å². The maximum atomic E-state index is 10.5. The Bertz CT molecular complexity index is 616. The second-order valence-corrected chi connectivity index (χ2v) is 5.26. The van der Waals surface area contributed by atoms with Gasteiger partial charge in [0.1, 0.15) is 9.76 Å². The molecule has 2 aromatic heterocycles. The lowest BCUT2D eigenvalue weighted by atomic mass is 10.2. The summed E-state index contributed by atoms with van der Waals surface area (Å²) in [5, 5.41) is 16.5. The quantitative estimate of drug-likeness (QED) is 0.833.